The molecule has 156 valence electrons. The van der Waals surface area contributed by atoms with Gasteiger partial charge in [0.2, 0.25) is 5.91 Å². The number of β-amino-alcohol motifs (C(OH)–C–C–N with tert-alkyl or cyclic N) is 1. The summed E-state index contributed by atoms with van der Waals surface area (Å²) in [5.74, 6) is 0.168. The lowest BCUT2D eigenvalue weighted by molar-refractivity contribution is -0.130. The zero-order valence-electron chi connectivity index (χ0n) is 17.0. The van der Waals surface area contributed by atoms with Gasteiger partial charge >= 0.3 is 0 Å². The number of hydrogen-bond acceptors (Lipinski definition) is 5. The molecule has 2 aliphatic heterocycles. The molecule has 1 fully saturated rings. The summed E-state index contributed by atoms with van der Waals surface area (Å²) in [6.45, 7) is 3.89. The highest BCUT2D eigenvalue weighted by molar-refractivity contribution is 5.76. The average Bonchev–Trinajstić information content (AvgIpc) is 3.46. The van der Waals surface area contributed by atoms with E-state index in [4.69, 9.17) is 0 Å². The van der Waals surface area contributed by atoms with Gasteiger partial charge in [0.1, 0.15) is 0 Å². The van der Waals surface area contributed by atoms with Gasteiger partial charge < -0.3 is 14.4 Å². The van der Waals surface area contributed by atoms with Crippen LogP contribution >= 0.6 is 0 Å². The van der Waals surface area contributed by atoms with E-state index in [9.17, 15) is 9.90 Å². The quantitative estimate of drug-likeness (QED) is 0.678. The molecule has 0 radical (unpaired) electrons. The Morgan fingerprint density at radius 3 is 2.73 bits per heavy atom. The Morgan fingerprint density at radius 1 is 1.13 bits per heavy atom. The maximum atomic E-state index is 12.7. The molecule has 1 N–H and O–H groups in total. The van der Waals surface area contributed by atoms with Crippen molar-refractivity contribution in [1.82, 2.24) is 24.2 Å². The van der Waals surface area contributed by atoms with Crippen molar-refractivity contribution >= 4 is 11.6 Å². The van der Waals surface area contributed by atoms with Gasteiger partial charge in [0, 0.05) is 57.1 Å². The number of hydrogen-bond donors (Lipinski definition) is 1. The van der Waals surface area contributed by atoms with E-state index in [1.54, 1.807) is 12.4 Å². The molecular weight excluding hydrogens is 378 g/mol. The van der Waals surface area contributed by atoms with E-state index >= 15 is 0 Å². The SMILES string of the molecule is O=C(CCCN1Cc2ccccc2C1)N1C[C@H](Cc2cn3ccnc3cn2)[C@H](O)C1. The lowest BCUT2D eigenvalue weighted by Gasteiger charge is -2.18. The number of amides is 1. The van der Waals surface area contributed by atoms with E-state index < -0.39 is 6.10 Å². The van der Waals surface area contributed by atoms with Crippen molar-refractivity contribution in [3.05, 3.63) is 65.9 Å². The summed E-state index contributed by atoms with van der Waals surface area (Å²) in [5.41, 5.74) is 4.52. The monoisotopic (exact) mass is 405 g/mol. The van der Waals surface area contributed by atoms with Crippen molar-refractivity contribution in [2.75, 3.05) is 19.6 Å². The second-order valence-electron chi connectivity index (χ2n) is 8.48. The number of likely N-dealkylation sites (tertiary alicyclic amines) is 1. The highest BCUT2D eigenvalue weighted by Gasteiger charge is 2.34. The van der Waals surface area contributed by atoms with Crippen LogP contribution in [0.3, 0.4) is 0 Å². The van der Waals surface area contributed by atoms with Crippen LogP contribution in [-0.4, -0.2) is 60.9 Å². The van der Waals surface area contributed by atoms with Crippen LogP contribution in [0.5, 0.6) is 0 Å². The van der Waals surface area contributed by atoms with Gasteiger partial charge in [-0.2, -0.15) is 0 Å². The maximum Gasteiger partial charge on any atom is 0.222 e. The zero-order chi connectivity index (χ0) is 20.5. The fourth-order valence-electron chi connectivity index (χ4n) is 4.67. The lowest BCUT2D eigenvalue weighted by Crippen LogP contribution is -2.30. The summed E-state index contributed by atoms with van der Waals surface area (Å²) in [6.07, 6.45) is 8.87. The van der Waals surface area contributed by atoms with Gasteiger partial charge in [-0.25, -0.2) is 4.98 Å². The molecule has 4 heterocycles. The predicted molar refractivity (Wildman–Crippen MR) is 113 cm³/mol. The van der Waals surface area contributed by atoms with Crippen LogP contribution < -0.4 is 0 Å². The number of aromatic nitrogens is 3. The normalized spacial score (nSPS) is 21.4. The van der Waals surface area contributed by atoms with E-state index in [-0.39, 0.29) is 11.8 Å². The average molecular weight is 406 g/mol. The number of rotatable bonds is 6. The second-order valence-corrected chi connectivity index (χ2v) is 8.48. The van der Waals surface area contributed by atoms with Gasteiger partial charge in [0.05, 0.1) is 18.0 Å². The molecule has 3 aromatic rings. The van der Waals surface area contributed by atoms with E-state index in [1.165, 1.54) is 11.1 Å². The molecule has 7 nitrogen and oxygen atoms in total. The zero-order valence-corrected chi connectivity index (χ0v) is 17.0. The van der Waals surface area contributed by atoms with E-state index in [2.05, 4.69) is 39.1 Å². The van der Waals surface area contributed by atoms with Crippen LogP contribution in [0, 0.1) is 5.92 Å². The van der Waals surface area contributed by atoms with Crippen LogP contribution in [0.1, 0.15) is 29.7 Å². The molecule has 1 amide bonds. The minimum absolute atomic E-state index is 0.0236. The highest BCUT2D eigenvalue weighted by Crippen LogP contribution is 2.24. The number of imidazole rings is 1. The molecule has 0 saturated carbocycles. The Hall–Kier alpha value is -2.77. The van der Waals surface area contributed by atoms with E-state index in [1.807, 2.05) is 21.7 Å². The molecule has 2 aliphatic rings. The molecule has 7 heteroatoms. The molecule has 2 atom stereocenters. The van der Waals surface area contributed by atoms with Crippen molar-refractivity contribution in [2.45, 2.75) is 38.5 Å². The van der Waals surface area contributed by atoms with Gasteiger partial charge in [-0.05, 0) is 30.5 Å². The third-order valence-electron chi connectivity index (χ3n) is 6.33. The Bertz CT molecular complexity index is 1020. The molecule has 1 aromatic carbocycles. The number of fused-ring (bicyclic) bond motifs is 2. The first-order valence-electron chi connectivity index (χ1n) is 10.7. The summed E-state index contributed by atoms with van der Waals surface area (Å²) in [6, 6.07) is 8.55. The van der Waals surface area contributed by atoms with Crippen LogP contribution in [0.2, 0.25) is 0 Å². The first-order chi connectivity index (χ1) is 14.7. The van der Waals surface area contributed by atoms with Crippen molar-refractivity contribution in [3.63, 3.8) is 0 Å². The number of carbonyl (C=O) groups excluding carboxylic acids is 1. The topological polar surface area (TPSA) is 74.0 Å². The predicted octanol–water partition coefficient (Wildman–Crippen LogP) is 1.89. The van der Waals surface area contributed by atoms with Crippen LogP contribution in [0.15, 0.2) is 49.1 Å². The Morgan fingerprint density at radius 2 is 1.93 bits per heavy atom. The van der Waals surface area contributed by atoms with E-state index in [0.717, 1.165) is 37.4 Å². The van der Waals surface area contributed by atoms with Gasteiger partial charge in [-0.1, -0.05) is 24.3 Å². The minimum atomic E-state index is -0.498. The number of carbonyl (C=O) groups is 1. The van der Waals surface area contributed by atoms with Crippen LogP contribution in [0.4, 0.5) is 0 Å². The molecule has 0 unspecified atom stereocenters. The number of aliphatic hydroxyl groups is 1. The van der Waals surface area contributed by atoms with Crippen LogP contribution in [-0.2, 0) is 24.3 Å². The number of nitrogens with zero attached hydrogens (tertiary/aromatic N) is 5. The molecular formula is C23H27N5O2. The van der Waals surface area contributed by atoms with Gasteiger partial charge in [0.15, 0.2) is 5.65 Å². The maximum absolute atomic E-state index is 12.7. The largest absolute Gasteiger partial charge is 0.391 e. The first-order valence-corrected chi connectivity index (χ1v) is 10.7. The van der Waals surface area contributed by atoms with Crippen molar-refractivity contribution in [3.8, 4) is 0 Å². The van der Waals surface area contributed by atoms with Crippen molar-refractivity contribution in [1.29, 1.82) is 0 Å². The summed E-state index contributed by atoms with van der Waals surface area (Å²) >= 11 is 0. The molecule has 0 bridgehead atoms. The fraction of sp³-hybridized carbons (Fsp3) is 0.435. The molecule has 0 spiro atoms. The molecule has 2 aromatic heterocycles. The fourth-order valence-corrected chi connectivity index (χ4v) is 4.67. The Kier molecular flexibility index (Phi) is 5.23. The van der Waals surface area contributed by atoms with Gasteiger partial charge in [-0.15, -0.1) is 0 Å². The highest BCUT2D eigenvalue weighted by atomic mass is 16.3. The Balaban J connectivity index is 1.10. The molecule has 0 aliphatic carbocycles. The third-order valence-corrected chi connectivity index (χ3v) is 6.33. The second kappa shape index (κ2) is 8.16. The van der Waals surface area contributed by atoms with Crippen molar-refractivity contribution in [2.24, 2.45) is 5.92 Å². The summed E-state index contributed by atoms with van der Waals surface area (Å²) in [5, 5.41) is 10.5. The first kappa shape index (κ1) is 19.2. The van der Waals surface area contributed by atoms with Crippen LogP contribution in [0.25, 0.3) is 5.65 Å². The van der Waals surface area contributed by atoms with E-state index in [0.29, 0.717) is 25.9 Å². The van der Waals surface area contributed by atoms with Crippen molar-refractivity contribution < 1.29 is 9.90 Å². The van der Waals surface area contributed by atoms with Gasteiger partial charge in [0.25, 0.3) is 0 Å². The standard InChI is InChI=1S/C23H27N5O2/c29-21-16-28(14-19(21)10-20-15-27-9-7-24-22(27)11-25-20)23(30)6-3-8-26-12-17-4-1-2-5-18(17)13-26/h1-2,4-5,7,9,11,15,19,21,29H,3,6,8,10,12-14,16H2/t19-,21+/m0/s1. The lowest BCUT2D eigenvalue weighted by atomic mass is 10.0. The third kappa shape index (κ3) is 3.95. The summed E-state index contributed by atoms with van der Waals surface area (Å²) in [4.78, 5) is 25.6. The molecule has 30 heavy (non-hydrogen) atoms. The summed E-state index contributed by atoms with van der Waals surface area (Å²) in [7, 11) is 0. The van der Waals surface area contributed by atoms with Gasteiger partial charge in [-0.3, -0.25) is 14.7 Å². The molecule has 5 rings (SSSR count). The number of benzene rings is 1. The Labute approximate surface area is 176 Å². The smallest absolute Gasteiger partial charge is 0.222 e. The molecule has 1 saturated heterocycles. The summed E-state index contributed by atoms with van der Waals surface area (Å²) < 4.78 is 1.93. The number of aliphatic hydroxyl groups excluding tert-OH is 1. The minimum Gasteiger partial charge on any atom is -0.391 e.